The summed E-state index contributed by atoms with van der Waals surface area (Å²) in [6.07, 6.45) is 1.40. The van der Waals surface area contributed by atoms with Gasteiger partial charge in [-0.3, -0.25) is 14.3 Å². The average Bonchev–Trinajstić information content (AvgIpc) is 2.97. The van der Waals surface area contributed by atoms with Crippen molar-refractivity contribution in [3.05, 3.63) is 81.5 Å². The van der Waals surface area contributed by atoms with Crippen LogP contribution in [0.2, 0.25) is 10.0 Å². The fraction of sp³-hybridized carbons (Fsp3) is 0.190. The van der Waals surface area contributed by atoms with Crippen molar-refractivity contribution in [1.82, 2.24) is 9.78 Å². The molecule has 0 saturated heterocycles. The normalized spacial score (nSPS) is 11.8. The second kappa shape index (κ2) is 10.6. The highest BCUT2D eigenvalue weighted by molar-refractivity contribution is 6.30. The number of rotatable bonds is 1. The maximum absolute atomic E-state index is 11.0. The monoisotopic (exact) mass is 432 g/mol. The molecule has 0 saturated carbocycles. The van der Waals surface area contributed by atoms with Gasteiger partial charge in [0.2, 0.25) is 11.8 Å². The van der Waals surface area contributed by atoms with E-state index in [9.17, 15) is 9.59 Å². The zero-order valence-electron chi connectivity index (χ0n) is 16.2. The van der Waals surface area contributed by atoms with Crippen LogP contribution < -0.4 is 11.1 Å². The SMILES string of the molecule is Cc1nn(C)c2c1CCC(=O)N2.Clc1ccccc1.NC(=O)c1ccc(Cl)cc1. The summed E-state index contributed by atoms with van der Waals surface area (Å²) in [6, 6.07) is 15.9. The molecule has 4 rings (SSSR count). The van der Waals surface area contributed by atoms with Crippen LogP contribution in [0.1, 0.15) is 28.0 Å². The lowest BCUT2D eigenvalue weighted by Crippen LogP contribution is -2.20. The summed E-state index contributed by atoms with van der Waals surface area (Å²) in [7, 11) is 1.84. The summed E-state index contributed by atoms with van der Waals surface area (Å²) >= 11 is 11.1. The molecule has 0 unspecified atom stereocenters. The van der Waals surface area contributed by atoms with E-state index in [1.807, 2.05) is 44.3 Å². The molecule has 2 amide bonds. The van der Waals surface area contributed by atoms with Crippen molar-refractivity contribution in [2.45, 2.75) is 19.8 Å². The Balaban J connectivity index is 0.000000161. The summed E-state index contributed by atoms with van der Waals surface area (Å²) in [5.41, 5.74) is 7.66. The molecule has 0 fully saturated rings. The number of carbonyl (C=O) groups excluding carboxylic acids is 2. The van der Waals surface area contributed by atoms with Gasteiger partial charge in [0, 0.05) is 34.6 Å². The molecular weight excluding hydrogens is 411 g/mol. The van der Waals surface area contributed by atoms with Crippen LogP contribution in [0.4, 0.5) is 5.82 Å². The first-order valence-corrected chi connectivity index (χ1v) is 9.61. The van der Waals surface area contributed by atoms with Crippen LogP contribution in [0.15, 0.2) is 54.6 Å². The number of amides is 2. The quantitative estimate of drug-likeness (QED) is 0.597. The highest BCUT2D eigenvalue weighted by Crippen LogP contribution is 2.24. The number of hydrogen-bond acceptors (Lipinski definition) is 3. The van der Waals surface area contributed by atoms with Gasteiger partial charge in [0.15, 0.2) is 0 Å². The third-order valence-corrected chi connectivity index (χ3v) is 4.57. The second-order valence-electron chi connectivity index (χ2n) is 6.25. The minimum Gasteiger partial charge on any atom is -0.366 e. The molecule has 0 aliphatic carbocycles. The number of halogens is 2. The van der Waals surface area contributed by atoms with Gasteiger partial charge < -0.3 is 11.1 Å². The Morgan fingerprint density at radius 2 is 1.62 bits per heavy atom. The number of nitrogens with two attached hydrogens (primary N) is 1. The number of anilines is 1. The van der Waals surface area contributed by atoms with Gasteiger partial charge >= 0.3 is 0 Å². The van der Waals surface area contributed by atoms with Gasteiger partial charge in [0.1, 0.15) is 5.82 Å². The number of carbonyl (C=O) groups is 2. The second-order valence-corrected chi connectivity index (χ2v) is 7.12. The van der Waals surface area contributed by atoms with E-state index in [1.165, 1.54) is 5.56 Å². The maximum Gasteiger partial charge on any atom is 0.248 e. The summed E-state index contributed by atoms with van der Waals surface area (Å²) in [4.78, 5) is 21.5. The van der Waals surface area contributed by atoms with E-state index in [0.717, 1.165) is 23.0 Å². The minimum atomic E-state index is -0.434. The van der Waals surface area contributed by atoms with Crippen molar-refractivity contribution >= 4 is 40.8 Å². The van der Waals surface area contributed by atoms with Gasteiger partial charge in [-0.2, -0.15) is 5.10 Å². The third kappa shape index (κ3) is 6.93. The van der Waals surface area contributed by atoms with Crippen LogP contribution in [-0.2, 0) is 18.3 Å². The molecule has 29 heavy (non-hydrogen) atoms. The van der Waals surface area contributed by atoms with Crippen LogP contribution in [0.3, 0.4) is 0 Å². The Bertz CT molecular complexity index is 970. The van der Waals surface area contributed by atoms with Crippen molar-refractivity contribution < 1.29 is 9.59 Å². The lowest BCUT2D eigenvalue weighted by Gasteiger charge is -2.13. The van der Waals surface area contributed by atoms with E-state index >= 15 is 0 Å². The highest BCUT2D eigenvalue weighted by Gasteiger charge is 2.20. The number of primary amides is 1. The molecule has 3 aromatic rings. The summed E-state index contributed by atoms with van der Waals surface area (Å²) < 4.78 is 1.72. The van der Waals surface area contributed by atoms with E-state index in [-0.39, 0.29) is 5.91 Å². The molecule has 1 aromatic heterocycles. The predicted molar refractivity (Wildman–Crippen MR) is 116 cm³/mol. The molecule has 2 aromatic carbocycles. The van der Waals surface area contributed by atoms with Crippen molar-refractivity contribution in [2.75, 3.05) is 5.32 Å². The number of fused-ring (bicyclic) bond motifs is 1. The van der Waals surface area contributed by atoms with E-state index in [4.69, 9.17) is 28.9 Å². The molecule has 3 N–H and O–H groups in total. The lowest BCUT2D eigenvalue weighted by molar-refractivity contribution is -0.116. The number of aromatic nitrogens is 2. The van der Waals surface area contributed by atoms with Gasteiger partial charge in [0.25, 0.3) is 0 Å². The molecule has 1 aliphatic heterocycles. The van der Waals surface area contributed by atoms with Crippen LogP contribution in [-0.4, -0.2) is 21.6 Å². The zero-order chi connectivity index (χ0) is 21.4. The van der Waals surface area contributed by atoms with Crippen LogP contribution in [0, 0.1) is 6.92 Å². The molecule has 0 bridgehead atoms. The lowest BCUT2D eigenvalue weighted by atomic mass is 10.1. The number of nitrogens with one attached hydrogen (secondary N) is 1. The first kappa shape index (κ1) is 22.5. The molecule has 0 radical (unpaired) electrons. The van der Waals surface area contributed by atoms with E-state index < -0.39 is 5.91 Å². The fourth-order valence-electron chi connectivity index (χ4n) is 2.62. The molecule has 1 aliphatic rings. The van der Waals surface area contributed by atoms with Crippen LogP contribution in [0.5, 0.6) is 0 Å². The van der Waals surface area contributed by atoms with Crippen LogP contribution >= 0.6 is 23.2 Å². The Labute approximate surface area is 179 Å². The smallest absolute Gasteiger partial charge is 0.248 e. The molecule has 152 valence electrons. The Morgan fingerprint density at radius 1 is 1.03 bits per heavy atom. The van der Waals surface area contributed by atoms with Gasteiger partial charge in [-0.05, 0) is 49.7 Å². The van der Waals surface area contributed by atoms with Crippen molar-refractivity contribution in [3.8, 4) is 0 Å². The Morgan fingerprint density at radius 3 is 2.14 bits per heavy atom. The van der Waals surface area contributed by atoms with E-state index in [1.54, 1.807) is 28.9 Å². The van der Waals surface area contributed by atoms with Crippen molar-refractivity contribution in [2.24, 2.45) is 12.8 Å². The first-order valence-electron chi connectivity index (χ1n) is 8.86. The van der Waals surface area contributed by atoms with Gasteiger partial charge in [0.05, 0.1) is 5.69 Å². The van der Waals surface area contributed by atoms with Gasteiger partial charge in [-0.1, -0.05) is 41.4 Å². The molecule has 6 nitrogen and oxygen atoms in total. The molecule has 2 heterocycles. The summed E-state index contributed by atoms with van der Waals surface area (Å²) in [6.45, 7) is 1.97. The largest absolute Gasteiger partial charge is 0.366 e. The average molecular weight is 433 g/mol. The number of hydrogen-bond donors (Lipinski definition) is 2. The third-order valence-electron chi connectivity index (χ3n) is 4.07. The molecule has 0 spiro atoms. The Kier molecular flexibility index (Phi) is 8.24. The highest BCUT2D eigenvalue weighted by atomic mass is 35.5. The van der Waals surface area contributed by atoms with Gasteiger partial charge in [-0.25, -0.2) is 0 Å². The number of aryl methyl sites for hydroxylation is 2. The van der Waals surface area contributed by atoms with E-state index in [2.05, 4.69) is 10.4 Å². The first-order chi connectivity index (χ1) is 13.8. The van der Waals surface area contributed by atoms with Crippen LogP contribution in [0.25, 0.3) is 0 Å². The number of benzene rings is 2. The molecule has 0 atom stereocenters. The fourth-order valence-corrected chi connectivity index (χ4v) is 2.89. The van der Waals surface area contributed by atoms with Gasteiger partial charge in [-0.15, -0.1) is 0 Å². The van der Waals surface area contributed by atoms with E-state index in [0.29, 0.717) is 17.0 Å². The summed E-state index contributed by atoms with van der Waals surface area (Å²) in [5, 5.41) is 8.44. The zero-order valence-corrected chi connectivity index (χ0v) is 17.7. The van der Waals surface area contributed by atoms with Crippen molar-refractivity contribution in [1.29, 1.82) is 0 Å². The molecule has 8 heteroatoms. The maximum atomic E-state index is 11.0. The standard InChI is InChI=1S/C8H11N3O.C7H6ClNO.C6H5Cl/c1-5-6-3-4-7(12)9-8(6)11(2)10-5;8-6-3-1-5(2-4-6)7(9)10;7-6-4-2-1-3-5-6/h3-4H2,1-2H3,(H,9,12);1-4H,(H2,9,10);1-5H. The minimum absolute atomic E-state index is 0.0884. The Hall–Kier alpha value is -2.83. The summed E-state index contributed by atoms with van der Waals surface area (Å²) in [5.74, 6) is 0.519. The molecular formula is C21H22Cl2N4O2. The van der Waals surface area contributed by atoms with Crippen molar-refractivity contribution in [3.63, 3.8) is 0 Å². The number of nitrogens with zero attached hydrogens (tertiary/aromatic N) is 2. The topological polar surface area (TPSA) is 90.0 Å². The predicted octanol–water partition coefficient (Wildman–Crippen LogP) is 4.39.